The molecule has 0 heterocycles. The van der Waals surface area contributed by atoms with Gasteiger partial charge in [-0.2, -0.15) is 0 Å². The molecule has 0 atom stereocenters. The quantitative estimate of drug-likeness (QED) is 0.413. The van der Waals surface area contributed by atoms with Crippen molar-refractivity contribution in [3.63, 3.8) is 0 Å². The third-order valence-electron chi connectivity index (χ3n) is 1.49. The fourth-order valence-corrected chi connectivity index (χ4v) is 1.82. The Hall–Kier alpha value is -0.970. The van der Waals surface area contributed by atoms with E-state index in [9.17, 15) is 9.59 Å². The van der Waals surface area contributed by atoms with E-state index in [4.69, 9.17) is 9.84 Å². The van der Waals surface area contributed by atoms with Crippen molar-refractivity contribution in [2.24, 2.45) is 0 Å². The molecule has 4 nitrogen and oxygen atoms in total. The van der Waals surface area contributed by atoms with Gasteiger partial charge in [-0.1, -0.05) is 6.92 Å². The first-order valence-corrected chi connectivity index (χ1v) is 5.74. The zero-order valence-electron chi connectivity index (χ0n) is 8.99. The van der Waals surface area contributed by atoms with Crippen LogP contribution in [-0.2, 0) is 14.3 Å². The number of aliphatic carboxylic acids is 1. The van der Waals surface area contributed by atoms with E-state index in [1.54, 1.807) is 0 Å². The van der Waals surface area contributed by atoms with Crippen LogP contribution in [0, 0.1) is 0 Å². The fourth-order valence-electron chi connectivity index (χ4n) is 0.971. The lowest BCUT2D eigenvalue weighted by atomic mass is 10.3. The monoisotopic (exact) mass is 232 g/mol. The fraction of sp³-hybridized carbons (Fsp3) is 0.600. The Morgan fingerprint density at radius 2 is 2.13 bits per heavy atom. The Labute approximate surface area is 93.7 Å². The molecule has 0 aromatic carbocycles. The maximum atomic E-state index is 10.5. The van der Waals surface area contributed by atoms with Crippen molar-refractivity contribution in [1.29, 1.82) is 0 Å². The van der Waals surface area contributed by atoms with E-state index in [0.717, 1.165) is 10.7 Å². The highest BCUT2D eigenvalue weighted by atomic mass is 32.2. The lowest BCUT2D eigenvalue weighted by Crippen LogP contribution is -2.01. The lowest BCUT2D eigenvalue weighted by molar-refractivity contribution is -0.141. The second-order valence-corrected chi connectivity index (χ2v) is 4.22. The van der Waals surface area contributed by atoms with Gasteiger partial charge in [-0.15, -0.1) is 11.8 Å². The van der Waals surface area contributed by atoms with E-state index in [2.05, 4.69) is 0 Å². The summed E-state index contributed by atoms with van der Waals surface area (Å²) in [7, 11) is 0. The third-order valence-corrected chi connectivity index (χ3v) is 2.47. The first-order chi connectivity index (χ1) is 7.06. The molecular weight excluding hydrogens is 216 g/mol. The van der Waals surface area contributed by atoms with E-state index in [1.807, 2.05) is 6.92 Å². The maximum Gasteiger partial charge on any atom is 0.329 e. The van der Waals surface area contributed by atoms with E-state index < -0.39 is 5.97 Å². The van der Waals surface area contributed by atoms with Gasteiger partial charge in [-0.3, -0.25) is 4.79 Å². The Morgan fingerprint density at radius 3 is 2.60 bits per heavy atom. The second kappa shape index (κ2) is 8.35. The van der Waals surface area contributed by atoms with Crippen molar-refractivity contribution < 1.29 is 19.4 Å². The maximum absolute atomic E-state index is 10.5. The van der Waals surface area contributed by atoms with Crippen molar-refractivity contribution in [3.8, 4) is 0 Å². The molecule has 0 aliphatic carbocycles. The van der Waals surface area contributed by atoms with Gasteiger partial charge in [0.25, 0.3) is 0 Å². The minimum atomic E-state index is -0.932. The highest BCUT2D eigenvalue weighted by Crippen LogP contribution is 2.20. The van der Waals surface area contributed by atoms with Crippen LogP contribution in [0.2, 0.25) is 0 Å². The van der Waals surface area contributed by atoms with Gasteiger partial charge in [0, 0.05) is 13.0 Å². The molecule has 0 spiro atoms. The number of thioether (sulfide) groups is 1. The molecule has 0 saturated carbocycles. The minimum Gasteiger partial charge on any atom is -0.478 e. The van der Waals surface area contributed by atoms with E-state index in [-0.39, 0.29) is 5.97 Å². The van der Waals surface area contributed by atoms with Crippen LogP contribution >= 0.6 is 11.8 Å². The van der Waals surface area contributed by atoms with Gasteiger partial charge in [-0.05, 0) is 23.5 Å². The van der Waals surface area contributed by atoms with Crippen molar-refractivity contribution in [2.75, 3.05) is 12.4 Å². The molecule has 0 saturated heterocycles. The summed E-state index contributed by atoms with van der Waals surface area (Å²) in [4.78, 5) is 21.7. The number of carboxylic acids is 1. The molecule has 0 aliphatic heterocycles. The normalized spacial score (nSPS) is 11.2. The summed E-state index contributed by atoms with van der Waals surface area (Å²) in [5.74, 6) is -0.396. The number of allylic oxidation sites excluding steroid dienone is 1. The van der Waals surface area contributed by atoms with Gasteiger partial charge < -0.3 is 9.84 Å². The van der Waals surface area contributed by atoms with Gasteiger partial charge in [0.1, 0.15) is 0 Å². The average Bonchev–Trinajstić information content (AvgIpc) is 2.11. The number of hydrogen-bond donors (Lipinski definition) is 1. The van der Waals surface area contributed by atoms with Gasteiger partial charge in [0.2, 0.25) is 0 Å². The first-order valence-electron chi connectivity index (χ1n) is 4.76. The van der Waals surface area contributed by atoms with Crippen LogP contribution in [0.25, 0.3) is 0 Å². The predicted molar refractivity (Wildman–Crippen MR) is 59.7 cm³/mol. The van der Waals surface area contributed by atoms with Crippen LogP contribution in [0.1, 0.15) is 26.7 Å². The third kappa shape index (κ3) is 9.34. The van der Waals surface area contributed by atoms with Gasteiger partial charge >= 0.3 is 11.9 Å². The molecule has 0 aliphatic rings. The molecule has 0 aromatic heterocycles. The molecule has 15 heavy (non-hydrogen) atoms. The smallest absolute Gasteiger partial charge is 0.329 e. The summed E-state index contributed by atoms with van der Waals surface area (Å²) in [5, 5.41) is 8.58. The average molecular weight is 232 g/mol. The topological polar surface area (TPSA) is 63.6 Å². The molecule has 0 unspecified atom stereocenters. The predicted octanol–water partition coefficient (Wildman–Crippen LogP) is 2.05. The van der Waals surface area contributed by atoms with Crippen molar-refractivity contribution in [1.82, 2.24) is 0 Å². The zero-order valence-corrected chi connectivity index (χ0v) is 9.80. The molecule has 0 aromatic rings. The second-order valence-electron chi connectivity index (χ2n) is 2.83. The van der Waals surface area contributed by atoms with Crippen molar-refractivity contribution in [2.45, 2.75) is 26.7 Å². The molecular formula is C10H16O4S. The highest BCUT2D eigenvalue weighted by molar-refractivity contribution is 8.03. The summed E-state index contributed by atoms with van der Waals surface area (Å²) in [6.07, 6.45) is 2.51. The van der Waals surface area contributed by atoms with Crippen LogP contribution in [0.3, 0.4) is 0 Å². The lowest BCUT2D eigenvalue weighted by Gasteiger charge is -2.04. The molecule has 1 N–H and O–H groups in total. The van der Waals surface area contributed by atoms with Crippen molar-refractivity contribution in [3.05, 3.63) is 11.0 Å². The molecule has 0 bridgehead atoms. The largest absolute Gasteiger partial charge is 0.478 e. The molecule has 0 amide bonds. The zero-order chi connectivity index (χ0) is 11.7. The summed E-state index contributed by atoms with van der Waals surface area (Å²) in [5.41, 5.74) is 0. The van der Waals surface area contributed by atoms with Crippen LogP contribution < -0.4 is 0 Å². The number of esters is 1. The molecule has 0 rings (SSSR count). The van der Waals surface area contributed by atoms with Gasteiger partial charge in [0.15, 0.2) is 0 Å². The first kappa shape index (κ1) is 14.0. The Bertz CT molecular complexity index is 248. The Balaban J connectivity index is 3.86. The summed E-state index contributed by atoms with van der Waals surface area (Å²) >= 11 is 1.50. The van der Waals surface area contributed by atoms with Crippen LogP contribution in [0.15, 0.2) is 11.0 Å². The van der Waals surface area contributed by atoms with Crippen LogP contribution in [-0.4, -0.2) is 29.4 Å². The standard InChI is InChI=1S/C10H16O4S/c1-3-15-9(7-10(12)13)5-4-6-14-8(2)11/h7H,3-6H2,1-2H3,(H,12,13)/b9-7+. The SMILES string of the molecule is CCS/C(=C/C(=O)O)CCCOC(C)=O. The summed E-state index contributed by atoms with van der Waals surface area (Å²) < 4.78 is 4.75. The number of carboxylic acid groups (broad SMARTS) is 1. The van der Waals surface area contributed by atoms with E-state index in [0.29, 0.717) is 19.4 Å². The molecule has 0 fully saturated rings. The molecule has 86 valence electrons. The van der Waals surface area contributed by atoms with E-state index >= 15 is 0 Å². The molecule has 5 heteroatoms. The van der Waals surface area contributed by atoms with E-state index in [1.165, 1.54) is 24.8 Å². The number of hydrogen-bond acceptors (Lipinski definition) is 4. The minimum absolute atomic E-state index is 0.304. The summed E-state index contributed by atoms with van der Waals surface area (Å²) in [6.45, 7) is 3.66. The van der Waals surface area contributed by atoms with Crippen LogP contribution in [0.4, 0.5) is 0 Å². The summed E-state index contributed by atoms with van der Waals surface area (Å²) in [6, 6.07) is 0. The van der Waals surface area contributed by atoms with Crippen molar-refractivity contribution >= 4 is 23.7 Å². The number of rotatable bonds is 7. The number of carbonyl (C=O) groups excluding carboxylic acids is 1. The Kier molecular flexibility index (Phi) is 7.81. The molecule has 0 radical (unpaired) electrons. The van der Waals surface area contributed by atoms with Gasteiger partial charge in [0.05, 0.1) is 6.61 Å². The number of ether oxygens (including phenoxy) is 1. The van der Waals surface area contributed by atoms with Crippen LogP contribution in [0.5, 0.6) is 0 Å². The van der Waals surface area contributed by atoms with Gasteiger partial charge in [-0.25, -0.2) is 4.79 Å². The highest BCUT2D eigenvalue weighted by Gasteiger charge is 2.01. The Morgan fingerprint density at radius 1 is 1.47 bits per heavy atom. The number of carbonyl (C=O) groups is 2.